The van der Waals surface area contributed by atoms with Crippen LogP contribution in [0.1, 0.15) is 34.3 Å². The third-order valence-electron chi connectivity index (χ3n) is 4.80. The highest BCUT2D eigenvalue weighted by Crippen LogP contribution is 2.20. The third kappa shape index (κ3) is 3.64. The monoisotopic (exact) mass is 374 g/mol. The molecule has 26 heavy (non-hydrogen) atoms. The number of rotatable bonds is 5. The maximum absolute atomic E-state index is 12.7. The Morgan fingerprint density at radius 1 is 1.04 bits per heavy atom. The summed E-state index contributed by atoms with van der Waals surface area (Å²) < 4.78 is 27.9. The van der Waals surface area contributed by atoms with E-state index in [2.05, 4.69) is 0 Å². The van der Waals surface area contributed by atoms with Crippen LogP contribution in [0.2, 0.25) is 0 Å². The Hall–Kier alpha value is -2.25. The van der Waals surface area contributed by atoms with Crippen molar-refractivity contribution in [1.29, 1.82) is 0 Å². The highest BCUT2D eigenvalue weighted by Gasteiger charge is 2.27. The zero-order valence-electron chi connectivity index (χ0n) is 14.9. The Kier molecular flexibility index (Phi) is 5.11. The second kappa shape index (κ2) is 7.17. The number of Topliss-reactive ketones (excluding diaryl/α,β-unsaturated/α-hetero) is 1. The second-order valence-corrected chi connectivity index (χ2v) is 8.60. The van der Waals surface area contributed by atoms with E-state index >= 15 is 0 Å². The number of benzene rings is 1. The van der Waals surface area contributed by atoms with E-state index in [0.29, 0.717) is 18.7 Å². The Labute approximate surface area is 153 Å². The fraction of sp³-hybridized carbons (Fsp3) is 0.368. The van der Waals surface area contributed by atoms with Crippen molar-refractivity contribution in [1.82, 2.24) is 8.87 Å². The average Bonchev–Trinajstić information content (AvgIpc) is 3.14. The number of carbonyl (C=O) groups is 1. The molecule has 1 saturated heterocycles. The van der Waals surface area contributed by atoms with Gasteiger partial charge in [0.1, 0.15) is 0 Å². The van der Waals surface area contributed by atoms with Gasteiger partial charge in [-0.25, -0.2) is 8.42 Å². The molecule has 0 atom stereocenters. The summed E-state index contributed by atoms with van der Waals surface area (Å²) in [6.45, 7) is 4.67. The molecular formula is C19H22N2O4S. The number of sulfonamides is 1. The minimum absolute atomic E-state index is 0.0480. The summed E-state index contributed by atoms with van der Waals surface area (Å²) in [5.41, 5.74) is 2.18. The van der Waals surface area contributed by atoms with E-state index in [-0.39, 0.29) is 17.2 Å². The van der Waals surface area contributed by atoms with Crippen molar-refractivity contribution in [3.05, 3.63) is 63.6 Å². The van der Waals surface area contributed by atoms with Gasteiger partial charge in [-0.3, -0.25) is 9.59 Å². The lowest BCUT2D eigenvalue weighted by atomic mass is 10.0. The van der Waals surface area contributed by atoms with Crippen LogP contribution in [-0.2, 0) is 16.6 Å². The van der Waals surface area contributed by atoms with Gasteiger partial charge in [0.05, 0.1) is 11.4 Å². The van der Waals surface area contributed by atoms with E-state index < -0.39 is 15.6 Å². The number of nitrogens with zero attached hydrogens (tertiary/aromatic N) is 2. The molecular weight excluding hydrogens is 352 g/mol. The van der Waals surface area contributed by atoms with Gasteiger partial charge >= 0.3 is 0 Å². The number of aromatic nitrogens is 1. The van der Waals surface area contributed by atoms with Crippen LogP contribution in [0.25, 0.3) is 0 Å². The molecule has 1 aliphatic rings. The number of hydrogen-bond acceptors (Lipinski definition) is 4. The lowest BCUT2D eigenvalue weighted by Crippen LogP contribution is -2.30. The minimum atomic E-state index is -3.63. The summed E-state index contributed by atoms with van der Waals surface area (Å²) in [4.78, 5) is 24.7. The first kappa shape index (κ1) is 18.5. The van der Waals surface area contributed by atoms with Crippen LogP contribution in [0, 0.1) is 13.8 Å². The predicted octanol–water partition coefficient (Wildman–Crippen LogP) is 2.13. The molecule has 138 valence electrons. The van der Waals surface area contributed by atoms with E-state index in [1.807, 2.05) is 19.9 Å². The van der Waals surface area contributed by atoms with Gasteiger partial charge in [-0.15, -0.1) is 0 Å². The SMILES string of the molecule is Cc1ccc(C(=O)Cn2cc(S(=O)(=O)N3CCCC3)ccc2=O)cc1C. The van der Waals surface area contributed by atoms with Crippen molar-refractivity contribution in [3.63, 3.8) is 0 Å². The minimum Gasteiger partial charge on any atom is -0.306 e. The molecule has 0 amide bonds. The van der Waals surface area contributed by atoms with Crippen molar-refractivity contribution in [2.75, 3.05) is 13.1 Å². The average molecular weight is 374 g/mol. The van der Waals surface area contributed by atoms with Crippen molar-refractivity contribution in [2.45, 2.75) is 38.1 Å². The van der Waals surface area contributed by atoms with E-state index in [9.17, 15) is 18.0 Å². The van der Waals surface area contributed by atoms with Gasteiger partial charge in [0, 0.05) is 30.9 Å². The molecule has 0 N–H and O–H groups in total. The van der Waals surface area contributed by atoms with Crippen LogP contribution in [0.15, 0.2) is 46.2 Å². The maximum atomic E-state index is 12.7. The molecule has 0 radical (unpaired) electrons. The number of aryl methyl sites for hydroxylation is 2. The first-order chi connectivity index (χ1) is 12.3. The van der Waals surface area contributed by atoms with Gasteiger partial charge in [0.2, 0.25) is 10.0 Å². The predicted molar refractivity (Wildman–Crippen MR) is 98.9 cm³/mol. The first-order valence-electron chi connectivity index (χ1n) is 8.60. The third-order valence-corrected chi connectivity index (χ3v) is 6.68. The van der Waals surface area contributed by atoms with Crippen LogP contribution in [0.4, 0.5) is 0 Å². The normalized spacial score (nSPS) is 15.3. The molecule has 1 aliphatic heterocycles. The Bertz CT molecular complexity index is 1000. The van der Waals surface area contributed by atoms with E-state index in [1.165, 1.54) is 27.2 Å². The van der Waals surface area contributed by atoms with Crippen molar-refractivity contribution >= 4 is 15.8 Å². The largest absolute Gasteiger partial charge is 0.306 e. The van der Waals surface area contributed by atoms with Gasteiger partial charge in [0.25, 0.3) is 5.56 Å². The summed E-state index contributed by atoms with van der Waals surface area (Å²) in [7, 11) is -3.63. The lowest BCUT2D eigenvalue weighted by molar-refractivity contribution is 0.0970. The van der Waals surface area contributed by atoms with E-state index in [4.69, 9.17) is 0 Å². The van der Waals surface area contributed by atoms with E-state index in [1.54, 1.807) is 12.1 Å². The van der Waals surface area contributed by atoms with Gasteiger partial charge in [0.15, 0.2) is 5.78 Å². The quantitative estimate of drug-likeness (QED) is 0.752. The topological polar surface area (TPSA) is 76.5 Å². The number of pyridine rings is 1. The van der Waals surface area contributed by atoms with Gasteiger partial charge in [-0.2, -0.15) is 4.31 Å². The fourth-order valence-corrected chi connectivity index (χ4v) is 4.56. The number of hydrogen-bond donors (Lipinski definition) is 0. The van der Waals surface area contributed by atoms with Gasteiger partial charge < -0.3 is 4.57 Å². The highest BCUT2D eigenvalue weighted by atomic mass is 32.2. The highest BCUT2D eigenvalue weighted by molar-refractivity contribution is 7.89. The summed E-state index contributed by atoms with van der Waals surface area (Å²) in [5, 5.41) is 0. The van der Waals surface area contributed by atoms with Crippen molar-refractivity contribution in [3.8, 4) is 0 Å². The zero-order chi connectivity index (χ0) is 18.9. The second-order valence-electron chi connectivity index (χ2n) is 6.66. The van der Waals surface area contributed by atoms with Gasteiger partial charge in [-0.05, 0) is 49.9 Å². The maximum Gasteiger partial charge on any atom is 0.251 e. The first-order valence-corrected chi connectivity index (χ1v) is 10.0. The molecule has 1 aromatic heterocycles. The molecule has 0 saturated carbocycles. The Morgan fingerprint density at radius 3 is 2.38 bits per heavy atom. The molecule has 6 nitrogen and oxygen atoms in total. The molecule has 1 fully saturated rings. The smallest absolute Gasteiger partial charge is 0.251 e. The van der Waals surface area contributed by atoms with Crippen molar-refractivity contribution < 1.29 is 13.2 Å². The number of ketones is 1. The molecule has 2 aromatic rings. The molecule has 0 spiro atoms. The zero-order valence-corrected chi connectivity index (χ0v) is 15.8. The van der Waals surface area contributed by atoms with Crippen LogP contribution in [0.3, 0.4) is 0 Å². The standard InChI is InChI=1S/C19H22N2O4S/c1-14-5-6-16(11-15(14)2)18(22)13-20-12-17(7-8-19(20)23)26(24,25)21-9-3-4-10-21/h5-8,11-12H,3-4,9-10,13H2,1-2H3. The summed E-state index contributed by atoms with van der Waals surface area (Å²) >= 11 is 0. The fourth-order valence-electron chi connectivity index (χ4n) is 3.02. The summed E-state index contributed by atoms with van der Waals surface area (Å²) in [6.07, 6.45) is 2.95. The van der Waals surface area contributed by atoms with Crippen LogP contribution >= 0.6 is 0 Å². The van der Waals surface area contributed by atoms with Crippen LogP contribution in [0.5, 0.6) is 0 Å². The molecule has 2 heterocycles. The molecule has 0 unspecified atom stereocenters. The lowest BCUT2D eigenvalue weighted by Gasteiger charge is -2.16. The molecule has 0 aliphatic carbocycles. The summed E-state index contributed by atoms with van der Waals surface area (Å²) in [6, 6.07) is 7.89. The van der Waals surface area contributed by atoms with Crippen LogP contribution in [-0.4, -0.2) is 36.2 Å². The Morgan fingerprint density at radius 2 is 1.73 bits per heavy atom. The van der Waals surface area contributed by atoms with Crippen molar-refractivity contribution in [2.24, 2.45) is 0 Å². The van der Waals surface area contributed by atoms with E-state index in [0.717, 1.165) is 24.0 Å². The molecule has 1 aromatic carbocycles. The molecule has 7 heteroatoms. The number of carbonyl (C=O) groups excluding carboxylic acids is 1. The summed E-state index contributed by atoms with van der Waals surface area (Å²) in [5.74, 6) is -0.231. The van der Waals surface area contributed by atoms with Crippen LogP contribution < -0.4 is 5.56 Å². The Balaban J connectivity index is 1.89. The molecule has 3 rings (SSSR count). The molecule has 0 bridgehead atoms. The van der Waals surface area contributed by atoms with Gasteiger partial charge in [-0.1, -0.05) is 12.1 Å².